The molecular formula is C16H18N2O2. The zero-order valence-electron chi connectivity index (χ0n) is 11.8. The highest BCUT2D eigenvalue weighted by Gasteiger charge is 2.21. The van der Waals surface area contributed by atoms with Crippen molar-refractivity contribution in [1.82, 2.24) is 9.80 Å². The van der Waals surface area contributed by atoms with Gasteiger partial charge in [0.15, 0.2) is 0 Å². The molecule has 4 heteroatoms. The number of ether oxygens (including phenoxy) is 2. The fraction of sp³-hybridized carbons (Fsp3) is 0.375. The first-order valence-corrected chi connectivity index (χ1v) is 6.92. The largest absolute Gasteiger partial charge is 0.478 e. The first kappa shape index (κ1) is 12.0. The average molecular weight is 270 g/mol. The van der Waals surface area contributed by atoms with Crippen LogP contribution in [0.4, 0.5) is 0 Å². The van der Waals surface area contributed by atoms with Crippen LogP contribution in [-0.4, -0.2) is 37.4 Å². The Morgan fingerprint density at radius 2 is 1.20 bits per heavy atom. The van der Waals surface area contributed by atoms with Crippen LogP contribution in [-0.2, 0) is 13.1 Å². The number of hydrogen-bond acceptors (Lipinski definition) is 4. The summed E-state index contributed by atoms with van der Waals surface area (Å²) in [6.45, 7) is 3.19. The molecule has 2 aliphatic rings. The van der Waals surface area contributed by atoms with Crippen molar-refractivity contribution in [3.8, 4) is 11.5 Å². The summed E-state index contributed by atoms with van der Waals surface area (Å²) in [6.07, 6.45) is 0. The zero-order chi connectivity index (χ0) is 13.7. The van der Waals surface area contributed by atoms with Gasteiger partial charge in [-0.15, -0.1) is 0 Å². The summed E-state index contributed by atoms with van der Waals surface area (Å²) in [6, 6.07) is 8.53. The van der Waals surface area contributed by atoms with Gasteiger partial charge in [0.25, 0.3) is 0 Å². The van der Waals surface area contributed by atoms with Crippen LogP contribution < -0.4 is 9.47 Å². The lowest BCUT2D eigenvalue weighted by atomic mass is 9.97. The van der Waals surface area contributed by atoms with Crippen molar-refractivity contribution in [3.63, 3.8) is 0 Å². The van der Waals surface area contributed by atoms with E-state index in [-0.39, 0.29) is 0 Å². The van der Waals surface area contributed by atoms with E-state index in [2.05, 4.69) is 48.2 Å². The van der Waals surface area contributed by atoms with Crippen LogP contribution in [0.3, 0.4) is 0 Å². The predicted molar refractivity (Wildman–Crippen MR) is 77.9 cm³/mol. The number of rotatable bonds is 0. The molecule has 4 rings (SSSR count). The van der Waals surface area contributed by atoms with Gasteiger partial charge in [-0.25, -0.2) is 0 Å². The van der Waals surface area contributed by atoms with E-state index >= 15 is 0 Å². The molecule has 2 aromatic rings. The molecule has 0 bridgehead atoms. The summed E-state index contributed by atoms with van der Waals surface area (Å²) in [5.41, 5.74) is 2.57. The van der Waals surface area contributed by atoms with Crippen molar-refractivity contribution >= 4 is 10.8 Å². The van der Waals surface area contributed by atoms with Crippen LogP contribution in [0.5, 0.6) is 11.5 Å². The lowest BCUT2D eigenvalue weighted by Crippen LogP contribution is -2.29. The highest BCUT2D eigenvalue weighted by atomic mass is 16.5. The van der Waals surface area contributed by atoms with Gasteiger partial charge in [0.05, 0.1) is 0 Å². The molecule has 0 fully saturated rings. The minimum atomic E-state index is 0.662. The van der Waals surface area contributed by atoms with Gasteiger partial charge in [-0.1, -0.05) is 12.1 Å². The van der Waals surface area contributed by atoms with E-state index in [4.69, 9.17) is 9.47 Å². The van der Waals surface area contributed by atoms with Crippen molar-refractivity contribution in [2.24, 2.45) is 0 Å². The van der Waals surface area contributed by atoms with Gasteiger partial charge in [-0.2, -0.15) is 0 Å². The van der Waals surface area contributed by atoms with E-state index in [0.717, 1.165) is 24.6 Å². The molecule has 0 N–H and O–H groups in total. The van der Waals surface area contributed by atoms with Gasteiger partial charge in [0.2, 0.25) is 0 Å². The van der Waals surface area contributed by atoms with Gasteiger partial charge >= 0.3 is 0 Å². The molecular weight excluding hydrogens is 252 g/mol. The zero-order valence-corrected chi connectivity index (χ0v) is 11.8. The summed E-state index contributed by atoms with van der Waals surface area (Å²) >= 11 is 0. The van der Waals surface area contributed by atoms with Crippen molar-refractivity contribution < 1.29 is 9.47 Å². The molecule has 0 spiro atoms. The molecule has 0 unspecified atom stereocenters. The molecule has 0 radical (unpaired) electrons. The maximum Gasteiger partial charge on any atom is 0.142 e. The van der Waals surface area contributed by atoms with Gasteiger partial charge in [0, 0.05) is 24.2 Å². The molecule has 0 aliphatic carbocycles. The van der Waals surface area contributed by atoms with Crippen molar-refractivity contribution in [2.75, 3.05) is 27.6 Å². The van der Waals surface area contributed by atoms with E-state index < -0.39 is 0 Å². The molecule has 2 aromatic carbocycles. The lowest BCUT2D eigenvalue weighted by molar-refractivity contribution is 0.121. The molecule has 2 aliphatic heterocycles. The minimum absolute atomic E-state index is 0.662. The Balaban J connectivity index is 1.95. The summed E-state index contributed by atoms with van der Waals surface area (Å²) in [5, 5.41) is 2.57. The van der Waals surface area contributed by atoms with Crippen LogP contribution >= 0.6 is 0 Å². The molecule has 0 amide bonds. The van der Waals surface area contributed by atoms with Crippen LogP contribution in [0.1, 0.15) is 11.1 Å². The highest BCUT2D eigenvalue weighted by molar-refractivity contribution is 5.92. The Hall–Kier alpha value is -1.78. The third-order valence-electron chi connectivity index (χ3n) is 4.07. The fourth-order valence-corrected chi connectivity index (χ4v) is 3.08. The number of hydrogen-bond donors (Lipinski definition) is 0. The van der Waals surface area contributed by atoms with Gasteiger partial charge in [0.1, 0.15) is 25.0 Å². The second-order valence-corrected chi connectivity index (χ2v) is 5.75. The van der Waals surface area contributed by atoms with Crippen LogP contribution in [0.2, 0.25) is 0 Å². The van der Waals surface area contributed by atoms with E-state index in [1.54, 1.807) is 0 Å². The van der Waals surface area contributed by atoms with Gasteiger partial charge in [-0.05, 0) is 37.0 Å². The summed E-state index contributed by atoms with van der Waals surface area (Å²) in [4.78, 5) is 4.37. The standard InChI is InChI=1S/C16H18N2O2/c1-17-7-13-11-3-6-16-14(8-18(2)10-20-16)12(11)4-5-15(13)19-9-17/h3-6H,7-10H2,1-2H3. The molecule has 104 valence electrons. The smallest absolute Gasteiger partial charge is 0.142 e. The monoisotopic (exact) mass is 270 g/mol. The van der Waals surface area contributed by atoms with E-state index in [1.165, 1.54) is 21.9 Å². The number of nitrogens with zero attached hydrogens (tertiary/aromatic N) is 2. The van der Waals surface area contributed by atoms with Gasteiger partial charge in [-0.3, -0.25) is 9.80 Å². The molecule has 20 heavy (non-hydrogen) atoms. The SMILES string of the molecule is CN1COc2ccc3c4c(ccc3c2C1)OCN(C)C4. The molecule has 0 aromatic heterocycles. The first-order chi connectivity index (χ1) is 9.72. The molecule has 0 atom stereocenters. The van der Waals surface area contributed by atoms with Crippen molar-refractivity contribution in [3.05, 3.63) is 35.4 Å². The second kappa shape index (κ2) is 4.36. The lowest BCUT2D eigenvalue weighted by Gasteiger charge is -2.29. The maximum absolute atomic E-state index is 5.79. The fourth-order valence-electron chi connectivity index (χ4n) is 3.08. The Morgan fingerprint density at radius 1 is 0.750 bits per heavy atom. The van der Waals surface area contributed by atoms with Crippen LogP contribution in [0, 0.1) is 0 Å². The third-order valence-corrected chi connectivity index (χ3v) is 4.07. The Labute approximate surface area is 118 Å². The summed E-state index contributed by atoms with van der Waals surface area (Å²) in [5.74, 6) is 2.03. The van der Waals surface area contributed by atoms with Crippen LogP contribution in [0.25, 0.3) is 10.8 Å². The van der Waals surface area contributed by atoms with Crippen molar-refractivity contribution in [1.29, 1.82) is 0 Å². The van der Waals surface area contributed by atoms with E-state index in [0.29, 0.717) is 13.5 Å². The quantitative estimate of drug-likeness (QED) is 0.734. The average Bonchev–Trinajstić information content (AvgIpc) is 2.46. The Kier molecular flexibility index (Phi) is 2.62. The molecule has 2 heterocycles. The number of benzene rings is 2. The van der Waals surface area contributed by atoms with Crippen LogP contribution in [0.15, 0.2) is 24.3 Å². The molecule has 4 nitrogen and oxygen atoms in total. The van der Waals surface area contributed by atoms with Gasteiger partial charge < -0.3 is 9.47 Å². The topological polar surface area (TPSA) is 24.9 Å². The first-order valence-electron chi connectivity index (χ1n) is 6.92. The summed E-state index contributed by atoms with van der Waals surface area (Å²) in [7, 11) is 4.16. The minimum Gasteiger partial charge on any atom is -0.478 e. The Morgan fingerprint density at radius 3 is 1.65 bits per heavy atom. The number of fused-ring (bicyclic) bond motifs is 5. The summed E-state index contributed by atoms with van der Waals surface area (Å²) < 4.78 is 11.6. The molecule has 0 saturated carbocycles. The Bertz CT molecular complexity index is 624. The normalized spacial score (nSPS) is 19.1. The second-order valence-electron chi connectivity index (χ2n) is 5.75. The maximum atomic E-state index is 5.79. The van der Waals surface area contributed by atoms with E-state index in [9.17, 15) is 0 Å². The van der Waals surface area contributed by atoms with E-state index in [1.807, 2.05) is 0 Å². The molecule has 0 saturated heterocycles. The predicted octanol–water partition coefficient (Wildman–Crippen LogP) is 2.40. The van der Waals surface area contributed by atoms with Crippen molar-refractivity contribution in [2.45, 2.75) is 13.1 Å². The highest BCUT2D eigenvalue weighted by Crippen LogP contribution is 2.38. The third kappa shape index (κ3) is 1.76.